The van der Waals surface area contributed by atoms with Crippen molar-refractivity contribution in [1.29, 1.82) is 0 Å². The van der Waals surface area contributed by atoms with Crippen LogP contribution in [0.1, 0.15) is 32.0 Å². The molecule has 0 unspecified atom stereocenters. The van der Waals surface area contributed by atoms with Crippen LogP contribution in [0.3, 0.4) is 0 Å². The van der Waals surface area contributed by atoms with Gasteiger partial charge < -0.3 is 15.3 Å². The quantitative estimate of drug-likeness (QED) is 0.686. The fourth-order valence-electron chi connectivity index (χ4n) is 2.10. The smallest absolute Gasteiger partial charge is 0.210 e. The Bertz CT molecular complexity index is 743. The monoisotopic (exact) mass is 319 g/mol. The van der Waals surface area contributed by atoms with Crippen LogP contribution in [0.4, 0.5) is 4.39 Å². The molecule has 0 radical (unpaired) electrons. The molecule has 120 valence electrons. The van der Waals surface area contributed by atoms with Crippen LogP contribution < -0.4 is 0 Å². The molecule has 1 aromatic carbocycles. The van der Waals surface area contributed by atoms with Crippen LogP contribution in [-0.4, -0.2) is 38.5 Å². The lowest BCUT2D eigenvalue weighted by molar-refractivity contribution is 0.0895. The van der Waals surface area contributed by atoms with Gasteiger partial charge in [-0.2, -0.15) is 0 Å². The molecule has 0 aliphatic heterocycles. The van der Waals surface area contributed by atoms with Gasteiger partial charge in [0.05, 0.1) is 6.61 Å². The molecule has 3 N–H and O–H groups in total. The summed E-state index contributed by atoms with van der Waals surface area (Å²) in [6, 6.07) is 4.96. The first-order chi connectivity index (χ1) is 11.0. The average molecular weight is 319 g/mol. The van der Waals surface area contributed by atoms with Gasteiger partial charge in [-0.1, -0.05) is 0 Å². The SMILES string of the molecule is O=C(Cc1cnc(C(=O)CO)c(O)c1CO)c1ccc(F)cc1. The summed E-state index contributed by atoms with van der Waals surface area (Å²) in [4.78, 5) is 27.3. The van der Waals surface area contributed by atoms with E-state index in [1.54, 1.807) is 0 Å². The highest BCUT2D eigenvalue weighted by atomic mass is 19.1. The summed E-state index contributed by atoms with van der Waals surface area (Å²) in [5, 5.41) is 28.2. The summed E-state index contributed by atoms with van der Waals surface area (Å²) in [6.45, 7) is -1.44. The van der Waals surface area contributed by atoms with Crippen molar-refractivity contribution >= 4 is 11.6 Å². The zero-order valence-corrected chi connectivity index (χ0v) is 12.0. The molecule has 0 saturated carbocycles. The second-order valence-electron chi connectivity index (χ2n) is 4.81. The van der Waals surface area contributed by atoms with Gasteiger partial charge in [0.1, 0.15) is 12.4 Å². The number of ketones is 2. The predicted octanol–water partition coefficient (Wildman–Crippen LogP) is 1.02. The number of carbonyl (C=O) groups excluding carboxylic acids is 2. The maximum absolute atomic E-state index is 12.9. The van der Waals surface area contributed by atoms with E-state index in [4.69, 9.17) is 5.11 Å². The number of aliphatic hydroxyl groups excluding tert-OH is 2. The number of Topliss-reactive ketones (excluding diaryl/α,β-unsaturated/α-hetero) is 2. The summed E-state index contributed by atoms with van der Waals surface area (Å²) in [6.07, 6.45) is 1.01. The number of aromatic hydroxyl groups is 1. The van der Waals surface area contributed by atoms with Gasteiger partial charge >= 0.3 is 0 Å². The number of halogens is 1. The van der Waals surface area contributed by atoms with Crippen molar-refractivity contribution in [2.24, 2.45) is 0 Å². The van der Waals surface area contributed by atoms with Crippen LogP contribution in [0, 0.1) is 5.82 Å². The van der Waals surface area contributed by atoms with Gasteiger partial charge in [-0.05, 0) is 29.8 Å². The van der Waals surface area contributed by atoms with Crippen molar-refractivity contribution in [1.82, 2.24) is 4.98 Å². The number of rotatable bonds is 6. The Labute approximate surface area is 130 Å². The Morgan fingerprint density at radius 2 is 1.74 bits per heavy atom. The highest BCUT2D eigenvalue weighted by Crippen LogP contribution is 2.25. The van der Waals surface area contributed by atoms with E-state index >= 15 is 0 Å². The number of hydrogen-bond acceptors (Lipinski definition) is 6. The zero-order chi connectivity index (χ0) is 17.0. The molecule has 0 saturated heterocycles. The highest BCUT2D eigenvalue weighted by molar-refractivity contribution is 5.99. The van der Waals surface area contributed by atoms with Gasteiger partial charge in [0, 0.05) is 23.7 Å². The number of carbonyl (C=O) groups is 2. The van der Waals surface area contributed by atoms with Gasteiger partial charge in [0.25, 0.3) is 0 Å². The molecule has 2 rings (SSSR count). The van der Waals surface area contributed by atoms with Crippen LogP contribution >= 0.6 is 0 Å². The van der Waals surface area contributed by atoms with E-state index in [2.05, 4.69) is 4.98 Å². The summed E-state index contributed by atoms with van der Waals surface area (Å²) >= 11 is 0. The third kappa shape index (κ3) is 3.58. The molecule has 0 aliphatic rings. The third-order valence-electron chi connectivity index (χ3n) is 3.33. The Morgan fingerprint density at radius 3 is 2.30 bits per heavy atom. The van der Waals surface area contributed by atoms with Crippen LogP contribution in [0.25, 0.3) is 0 Å². The Kier molecular flexibility index (Phi) is 5.15. The average Bonchev–Trinajstić information content (AvgIpc) is 2.55. The molecule has 0 amide bonds. The largest absolute Gasteiger partial charge is 0.505 e. The topological polar surface area (TPSA) is 108 Å². The standard InChI is InChI=1S/C16H14FNO5/c17-11-3-1-9(2-4-11)13(21)5-10-6-18-15(14(22)8-20)16(23)12(10)7-19/h1-4,6,19-20,23H,5,7-8H2. The van der Waals surface area contributed by atoms with E-state index in [0.29, 0.717) is 0 Å². The number of aromatic nitrogens is 1. The molecule has 7 heteroatoms. The molecular formula is C16H14FNO5. The van der Waals surface area contributed by atoms with Crippen molar-refractivity contribution in [2.45, 2.75) is 13.0 Å². The van der Waals surface area contributed by atoms with E-state index in [-0.39, 0.29) is 34.6 Å². The van der Waals surface area contributed by atoms with Crippen molar-refractivity contribution in [3.05, 3.63) is 58.7 Å². The van der Waals surface area contributed by atoms with E-state index in [1.807, 2.05) is 0 Å². The summed E-state index contributed by atoms with van der Waals surface area (Å²) in [5.41, 5.74) is 0.140. The van der Waals surface area contributed by atoms with E-state index in [9.17, 15) is 24.2 Å². The molecule has 2 aromatic rings. The van der Waals surface area contributed by atoms with Crippen molar-refractivity contribution in [3.63, 3.8) is 0 Å². The maximum Gasteiger partial charge on any atom is 0.210 e. The Hall–Kier alpha value is -2.64. The molecule has 0 fully saturated rings. The van der Waals surface area contributed by atoms with Crippen molar-refractivity contribution in [3.8, 4) is 5.75 Å². The van der Waals surface area contributed by atoms with Crippen LogP contribution in [-0.2, 0) is 13.0 Å². The van der Waals surface area contributed by atoms with Crippen LogP contribution in [0.2, 0.25) is 0 Å². The molecule has 1 heterocycles. The van der Waals surface area contributed by atoms with Crippen LogP contribution in [0.15, 0.2) is 30.5 Å². The molecule has 0 aliphatic carbocycles. The van der Waals surface area contributed by atoms with Gasteiger partial charge in [-0.3, -0.25) is 9.59 Å². The first kappa shape index (κ1) is 16.7. The van der Waals surface area contributed by atoms with Crippen molar-refractivity contribution < 1.29 is 29.3 Å². The number of hydrogen-bond donors (Lipinski definition) is 3. The minimum atomic E-state index is -0.834. The van der Waals surface area contributed by atoms with E-state index in [0.717, 1.165) is 12.1 Å². The maximum atomic E-state index is 12.9. The lowest BCUT2D eigenvalue weighted by atomic mass is 9.99. The summed E-state index contributed by atoms with van der Waals surface area (Å²) < 4.78 is 12.9. The number of aliphatic hydroxyl groups is 2. The second kappa shape index (κ2) is 7.08. The van der Waals surface area contributed by atoms with E-state index < -0.39 is 30.6 Å². The van der Waals surface area contributed by atoms with Crippen LogP contribution in [0.5, 0.6) is 5.75 Å². The summed E-state index contributed by atoms with van der Waals surface area (Å²) in [5.74, 6) is -2.18. The van der Waals surface area contributed by atoms with Gasteiger partial charge in [0.2, 0.25) is 5.78 Å². The van der Waals surface area contributed by atoms with Gasteiger partial charge in [-0.15, -0.1) is 0 Å². The molecular weight excluding hydrogens is 305 g/mol. The highest BCUT2D eigenvalue weighted by Gasteiger charge is 2.20. The molecule has 1 aromatic heterocycles. The normalized spacial score (nSPS) is 10.6. The Balaban J connectivity index is 2.33. The second-order valence-corrected chi connectivity index (χ2v) is 4.81. The van der Waals surface area contributed by atoms with Crippen molar-refractivity contribution in [2.75, 3.05) is 6.61 Å². The van der Waals surface area contributed by atoms with Gasteiger partial charge in [0.15, 0.2) is 17.2 Å². The first-order valence-electron chi connectivity index (χ1n) is 6.71. The molecule has 0 spiro atoms. The summed E-state index contributed by atoms with van der Waals surface area (Å²) in [7, 11) is 0. The minimum absolute atomic E-state index is 0.00717. The molecule has 6 nitrogen and oxygen atoms in total. The Morgan fingerprint density at radius 1 is 1.09 bits per heavy atom. The zero-order valence-electron chi connectivity index (χ0n) is 12.0. The van der Waals surface area contributed by atoms with E-state index in [1.165, 1.54) is 18.3 Å². The lowest BCUT2D eigenvalue weighted by Gasteiger charge is -2.11. The van der Waals surface area contributed by atoms with Gasteiger partial charge in [-0.25, -0.2) is 9.37 Å². The number of pyridine rings is 1. The fourth-order valence-corrected chi connectivity index (χ4v) is 2.10. The molecule has 0 atom stereocenters. The predicted molar refractivity (Wildman–Crippen MR) is 77.7 cm³/mol. The number of benzene rings is 1. The minimum Gasteiger partial charge on any atom is -0.505 e. The number of nitrogens with zero attached hydrogens (tertiary/aromatic N) is 1. The fraction of sp³-hybridized carbons (Fsp3) is 0.188. The molecule has 23 heavy (non-hydrogen) atoms. The molecule has 0 bridgehead atoms. The first-order valence-corrected chi connectivity index (χ1v) is 6.71. The lowest BCUT2D eigenvalue weighted by Crippen LogP contribution is -2.12. The third-order valence-corrected chi connectivity index (χ3v) is 3.33.